The number of nitrogens with zero attached hydrogens (tertiary/aromatic N) is 1. The van der Waals surface area contributed by atoms with Gasteiger partial charge in [-0.1, -0.05) is 23.7 Å². The number of hydrogen-bond acceptors (Lipinski definition) is 6. The molecule has 0 bridgehead atoms. The summed E-state index contributed by atoms with van der Waals surface area (Å²) in [6.07, 6.45) is 0.700. The normalized spacial score (nSPS) is 17.8. The Labute approximate surface area is 154 Å². The molecule has 2 aromatic carbocycles. The Balaban J connectivity index is 1.40. The molecular formula is C18H15ClN2O5. The molecule has 2 aromatic rings. The van der Waals surface area contributed by atoms with Crippen molar-refractivity contribution in [3.05, 3.63) is 47.0 Å². The number of rotatable bonds is 3. The number of para-hydroxylation sites is 2. The summed E-state index contributed by atoms with van der Waals surface area (Å²) < 4.78 is 22.1. The van der Waals surface area contributed by atoms with Crippen molar-refractivity contribution in [3.63, 3.8) is 0 Å². The van der Waals surface area contributed by atoms with Gasteiger partial charge in [0.25, 0.3) is 5.91 Å². The van der Waals surface area contributed by atoms with Crippen LogP contribution in [0.2, 0.25) is 5.02 Å². The minimum absolute atomic E-state index is 0.119. The minimum Gasteiger partial charge on any atom is -0.486 e. The molecule has 1 amide bonds. The second-order valence-corrected chi connectivity index (χ2v) is 6.03. The number of ether oxygens (including phenoxy) is 4. The number of nitrogens with one attached hydrogen (secondary N) is 1. The number of amides is 1. The number of carbonyl (C=O) groups excluding carboxylic acids is 1. The van der Waals surface area contributed by atoms with Crippen LogP contribution < -0.4 is 24.4 Å². The Kier molecular flexibility index (Phi) is 4.53. The maximum absolute atomic E-state index is 12.2. The molecule has 0 fully saturated rings. The summed E-state index contributed by atoms with van der Waals surface area (Å²) in [4.78, 5) is 12.2. The van der Waals surface area contributed by atoms with E-state index >= 15 is 0 Å². The highest BCUT2D eigenvalue weighted by Crippen LogP contribution is 2.38. The van der Waals surface area contributed by atoms with E-state index in [4.69, 9.17) is 30.5 Å². The fourth-order valence-electron chi connectivity index (χ4n) is 2.60. The van der Waals surface area contributed by atoms with Crippen LogP contribution in [0.5, 0.6) is 23.0 Å². The topological polar surface area (TPSA) is 78.4 Å². The summed E-state index contributed by atoms with van der Waals surface area (Å²) in [6, 6.07) is 10.6. The number of fused-ring (bicyclic) bond motifs is 2. The van der Waals surface area contributed by atoms with Crippen molar-refractivity contribution in [1.29, 1.82) is 0 Å². The summed E-state index contributed by atoms with van der Waals surface area (Å²) in [5, 5.41) is 4.37. The average Bonchev–Trinajstić information content (AvgIpc) is 2.67. The molecule has 2 aliphatic heterocycles. The summed E-state index contributed by atoms with van der Waals surface area (Å²) in [6.45, 7) is 1.04. The molecule has 7 nitrogen and oxygen atoms in total. The van der Waals surface area contributed by atoms with Gasteiger partial charge in [-0.2, -0.15) is 5.10 Å². The van der Waals surface area contributed by atoms with Gasteiger partial charge in [-0.05, 0) is 29.8 Å². The fourth-order valence-corrected chi connectivity index (χ4v) is 2.87. The highest BCUT2D eigenvalue weighted by atomic mass is 35.5. The molecule has 0 spiro atoms. The minimum atomic E-state index is -0.772. The number of benzene rings is 2. The molecule has 0 radical (unpaired) electrons. The monoisotopic (exact) mass is 374 g/mol. The van der Waals surface area contributed by atoms with E-state index < -0.39 is 12.0 Å². The first-order valence-corrected chi connectivity index (χ1v) is 8.39. The van der Waals surface area contributed by atoms with Crippen LogP contribution in [0.15, 0.2) is 41.5 Å². The van der Waals surface area contributed by atoms with Crippen molar-refractivity contribution in [1.82, 2.24) is 5.43 Å². The number of hydrazone groups is 1. The van der Waals surface area contributed by atoms with Crippen LogP contribution in [0, 0.1) is 0 Å². The van der Waals surface area contributed by atoms with Crippen molar-refractivity contribution in [2.24, 2.45) is 5.10 Å². The van der Waals surface area contributed by atoms with Crippen LogP contribution >= 0.6 is 11.6 Å². The van der Waals surface area contributed by atoms with E-state index in [0.29, 0.717) is 46.8 Å². The van der Waals surface area contributed by atoms with Crippen molar-refractivity contribution in [2.45, 2.75) is 6.10 Å². The fraction of sp³-hybridized carbons (Fsp3) is 0.222. The summed E-state index contributed by atoms with van der Waals surface area (Å²) in [7, 11) is 0. The molecule has 2 heterocycles. The van der Waals surface area contributed by atoms with Gasteiger partial charge in [0.2, 0.25) is 6.10 Å². The van der Waals surface area contributed by atoms with Crippen LogP contribution in [0.3, 0.4) is 0 Å². The molecule has 26 heavy (non-hydrogen) atoms. The lowest BCUT2D eigenvalue weighted by Crippen LogP contribution is -2.42. The summed E-state index contributed by atoms with van der Waals surface area (Å²) in [5.41, 5.74) is 3.11. The molecule has 2 aliphatic rings. The zero-order chi connectivity index (χ0) is 17.9. The molecule has 0 aromatic heterocycles. The summed E-state index contributed by atoms with van der Waals surface area (Å²) >= 11 is 6.17. The molecule has 1 N–H and O–H groups in total. The van der Waals surface area contributed by atoms with Gasteiger partial charge in [0.05, 0.1) is 11.2 Å². The standard InChI is InChI=1S/C18H15ClN2O5/c19-12-7-11(8-15-17(12)24-6-5-23-15)9-20-21-18(22)16-10-25-13-3-1-2-4-14(13)26-16/h1-4,7-9,16H,5-6,10H2,(H,21,22)/b20-9-/t16-/m1/s1. The predicted molar refractivity (Wildman–Crippen MR) is 94.5 cm³/mol. The first-order chi connectivity index (χ1) is 12.7. The van der Waals surface area contributed by atoms with Crippen LogP contribution in [0.1, 0.15) is 5.56 Å². The van der Waals surface area contributed by atoms with E-state index in [1.165, 1.54) is 6.21 Å². The Hall–Kier alpha value is -2.93. The van der Waals surface area contributed by atoms with Crippen molar-refractivity contribution >= 4 is 23.7 Å². The lowest BCUT2D eigenvalue weighted by atomic mass is 10.2. The van der Waals surface area contributed by atoms with Crippen LogP contribution in [-0.4, -0.2) is 38.0 Å². The molecule has 0 aliphatic carbocycles. The Bertz CT molecular complexity index is 871. The maximum Gasteiger partial charge on any atom is 0.284 e. The number of halogens is 1. The highest BCUT2D eigenvalue weighted by Gasteiger charge is 2.27. The van der Waals surface area contributed by atoms with Crippen molar-refractivity contribution < 1.29 is 23.7 Å². The quantitative estimate of drug-likeness (QED) is 0.659. The first kappa shape index (κ1) is 16.5. The van der Waals surface area contributed by atoms with Gasteiger partial charge in [-0.3, -0.25) is 4.79 Å². The van der Waals surface area contributed by atoms with Gasteiger partial charge in [0, 0.05) is 0 Å². The SMILES string of the molecule is O=C(N/N=C\c1cc(Cl)c2c(c1)OCCO2)[C@H]1COc2ccccc2O1. The van der Waals surface area contributed by atoms with Gasteiger partial charge in [0.15, 0.2) is 23.0 Å². The lowest BCUT2D eigenvalue weighted by Gasteiger charge is -2.24. The van der Waals surface area contributed by atoms with Gasteiger partial charge in [-0.15, -0.1) is 0 Å². The third-order valence-corrected chi connectivity index (χ3v) is 4.09. The van der Waals surface area contributed by atoms with Crippen molar-refractivity contribution in [2.75, 3.05) is 19.8 Å². The molecule has 0 saturated carbocycles. The molecule has 4 rings (SSSR count). The first-order valence-electron chi connectivity index (χ1n) is 8.01. The van der Waals surface area contributed by atoms with Crippen LogP contribution in [-0.2, 0) is 4.79 Å². The Morgan fingerprint density at radius 2 is 1.92 bits per heavy atom. The molecule has 0 saturated heterocycles. The van der Waals surface area contributed by atoms with E-state index in [9.17, 15) is 4.79 Å². The highest BCUT2D eigenvalue weighted by molar-refractivity contribution is 6.32. The Morgan fingerprint density at radius 3 is 2.81 bits per heavy atom. The van der Waals surface area contributed by atoms with Crippen LogP contribution in [0.25, 0.3) is 0 Å². The lowest BCUT2D eigenvalue weighted by molar-refractivity contribution is -0.130. The molecule has 0 unspecified atom stereocenters. The second kappa shape index (κ2) is 7.13. The smallest absolute Gasteiger partial charge is 0.284 e. The zero-order valence-electron chi connectivity index (χ0n) is 13.6. The van der Waals surface area contributed by atoms with Gasteiger partial charge in [-0.25, -0.2) is 5.43 Å². The Morgan fingerprint density at radius 1 is 1.12 bits per heavy atom. The number of hydrogen-bond donors (Lipinski definition) is 1. The van der Waals surface area contributed by atoms with Gasteiger partial charge >= 0.3 is 0 Å². The van der Waals surface area contributed by atoms with Gasteiger partial charge < -0.3 is 18.9 Å². The molecular weight excluding hydrogens is 360 g/mol. The second-order valence-electron chi connectivity index (χ2n) is 5.63. The molecule has 134 valence electrons. The maximum atomic E-state index is 12.2. The van der Waals surface area contributed by atoms with Gasteiger partial charge in [0.1, 0.15) is 19.8 Å². The van der Waals surface area contributed by atoms with Crippen LogP contribution in [0.4, 0.5) is 0 Å². The third kappa shape index (κ3) is 3.39. The predicted octanol–water partition coefficient (Wildman–Crippen LogP) is 2.40. The van der Waals surface area contributed by atoms with E-state index in [1.807, 2.05) is 12.1 Å². The zero-order valence-corrected chi connectivity index (χ0v) is 14.4. The van der Waals surface area contributed by atoms with Crippen molar-refractivity contribution in [3.8, 4) is 23.0 Å². The van der Waals surface area contributed by atoms with E-state index in [0.717, 1.165) is 0 Å². The van der Waals surface area contributed by atoms with E-state index in [-0.39, 0.29) is 6.61 Å². The van der Waals surface area contributed by atoms with E-state index in [2.05, 4.69) is 10.5 Å². The molecule has 1 atom stereocenters. The number of carbonyl (C=O) groups is 1. The average molecular weight is 375 g/mol. The molecule has 8 heteroatoms. The third-order valence-electron chi connectivity index (χ3n) is 3.81. The largest absolute Gasteiger partial charge is 0.486 e. The van der Waals surface area contributed by atoms with E-state index in [1.54, 1.807) is 24.3 Å². The summed E-state index contributed by atoms with van der Waals surface area (Å²) in [5.74, 6) is 1.81.